The van der Waals surface area contributed by atoms with E-state index in [1.54, 1.807) is 19.1 Å². The number of imidazole rings is 1. The third-order valence-corrected chi connectivity index (χ3v) is 4.41. The van der Waals surface area contributed by atoms with Gasteiger partial charge in [-0.15, -0.1) is 0 Å². The van der Waals surface area contributed by atoms with Crippen molar-refractivity contribution < 1.29 is 15.0 Å². The molecule has 0 saturated heterocycles. The van der Waals surface area contributed by atoms with Crippen LogP contribution in [0.4, 0.5) is 0 Å². The van der Waals surface area contributed by atoms with E-state index < -0.39 is 5.91 Å². The van der Waals surface area contributed by atoms with E-state index in [0.29, 0.717) is 22.4 Å². The first kappa shape index (κ1) is 18.5. The molecule has 3 aromatic rings. The van der Waals surface area contributed by atoms with Crippen LogP contribution in [0.5, 0.6) is 5.75 Å². The second-order valence-corrected chi connectivity index (χ2v) is 6.10. The predicted octanol–water partition coefficient (Wildman–Crippen LogP) is 2.03. The minimum absolute atomic E-state index is 0.0819. The summed E-state index contributed by atoms with van der Waals surface area (Å²) in [4.78, 5) is 20.8. The van der Waals surface area contributed by atoms with Crippen LogP contribution < -0.4 is 5.43 Å². The number of fused-ring (bicyclic) bond motifs is 1. The number of aliphatic hydroxyl groups is 1. The molecular weight excluding hydrogens is 346 g/mol. The molecule has 2 heterocycles. The summed E-state index contributed by atoms with van der Waals surface area (Å²) in [5.74, 6) is 0.414. The molecule has 140 valence electrons. The molecule has 2 aromatic heterocycles. The maximum Gasteiger partial charge on any atom is 0.271 e. The monoisotopic (exact) mass is 367 g/mol. The fourth-order valence-corrected chi connectivity index (χ4v) is 2.93. The number of pyridine rings is 1. The maximum absolute atomic E-state index is 12.4. The van der Waals surface area contributed by atoms with Crippen LogP contribution in [0.2, 0.25) is 0 Å². The van der Waals surface area contributed by atoms with Crippen LogP contribution in [0.3, 0.4) is 0 Å². The van der Waals surface area contributed by atoms with Crippen LogP contribution in [-0.4, -0.2) is 36.9 Å². The molecular formula is C19H21N5O3. The lowest BCUT2D eigenvalue weighted by molar-refractivity contribution is 0.0955. The summed E-state index contributed by atoms with van der Waals surface area (Å²) in [6.45, 7) is 6.11. The van der Waals surface area contributed by atoms with Gasteiger partial charge in [-0.1, -0.05) is 0 Å². The van der Waals surface area contributed by atoms with Crippen molar-refractivity contribution in [3.8, 4) is 5.75 Å². The number of rotatable bonds is 5. The molecule has 8 heteroatoms. The Kier molecular flexibility index (Phi) is 5.18. The summed E-state index contributed by atoms with van der Waals surface area (Å²) in [7, 11) is 0. The number of aryl methyl sites for hydroxylation is 3. The molecule has 0 aliphatic rings. The molecule has 27 heavy (non-hydrogen) atoms. The molecule has 1 amide bonds. The lowest BCUT2D eigenvalue weighted by Crippen LogP contribution is -2.17. The lowest BCUT2D eigenvalue weighted by atomic mass is 10.1. The Labute approximate surface area is 156 Å². The Hall–Kier alpha value is -3.26. The summed E-state index contributed by atoms with van der Waals surface area (Å²) in [5.41, 5.74) is 5.72. The van der Waals surface area contributed by atoms with Gasteiger partial charge in [-0.3, -0.25) is 9.78 Å². The quantitative estimate of drug-likeness (QED) is 0.472. The van der Waals surface area contributed by atoms with Crippen molar-refractivity contribution in [3.63, 3.8) is 0 Å². The normalized spacial score (nSPS) is 11.4. The molecule has 3 rings (SSSR count). The van der Waals surface area contributed by atoms with Gasteiger partial charge in [0, 0.05) is 29.4 Å². The van der Waals surface area contributed by atoms with E-state index in [4.69, 9.17) is 0 Å². The van der Waals surface area contributed by atoms with Gasteiger partial charge in [-0.2, -0.15) is 5.10 Å². The number of amides is 1. The number of hydrazone groups is 1. The zero-order valence-corrected chi connectivity index (χ0v) is 15.4. The van der Waals surface area contributed by atoms with Crippen molar-refractivity contribution in [3.05, 3.63) is 52.6 Å². The number of aliphatic hydroxyl groups excluding tert-OH is 1. The van der Waals surface area contributed by atoms with Crippen LogP contribution in [0.15, 0.2) is 29.5 Å². The summed E-state index contributed by atoms with van der Waals surface area (Å²) in [5, 5.41) is 23.3. The summed E-state index contributed by atoms with van der Waals surface area (Å²) >= 11 is 0. The summed E-state index contributed by atoms with van der Waals surface area (Å²) in [6.07, 6.45) is 2.75. The second-order valence-electron chi connectivity index (χ2n) is 6.10. The molecule has 0 aliphatic heterocycles. The van der Waals surface area contributed by atoms with E-state index in [-0.39, 0.29) is 12.4 Å². The SMILES string of the molecule is CCn1c(C)nc2cc(C(=O)NN=Cc3c(CO)cnc(C)c3O)ccc21. The van der Waals surface area contributed by atoms with Crippen LogP contribution in [0.25, 0.3) is 11.0 Å². The Balaban J connectivity index is 1.81. The number of hydrogen-bond donors (Lipinski definition) is 3. The summed E-state index contributed by atoms with van der Waals surface area (Å²) < 4.78 is 2.07. The number of carbonyl (C=O) groups excluding carboxylic acids is 1. The van der Waals surface area contributed by atoms with Gasteiger partial charge in [0.2, 0.25) is 0 Å². The lowest BCUT2D eigenvalue weighted by Gasteiger charge is -2.07. The Morgan fingerprint density at radius 3 is 2.85 bits per heavy atom. The molecule has 0 radical (unpaired) electrons. The summed E-state index contributed by atoms with van der Waals surface area (Å²) in [6, 6.07) is 5.29. The first-order chi connectivity index (χ1) is 13.0. The highest BCUT2D eigenvalue weighted by Gasteiger charge is 2.12. The molecule has 1 aromatic carbocycles. The maximum atomic E-state index is 12.4. The molecule has 0 spiro atoms. The third-order valence-electron chi connectivity index (χ3n) is 4.41. The van der Waals surface area contributed by atoms with Crippen molar-refractivity contribution in [1.82, 2.24) is 20.0 Å². The van der Waals surface area contributed by atoms with E-state index in [0.717, 1.165) is 23.4 Å². The fraction of sp³-hybridized carbons (Fsp3) is 0.263. The van der Waals surface area contributed by atoms with Crippen molar-refractivity contribution in [2.75, 3.05) is 0 Å². The smallest absolute Gasteiger partial charge is 0.271 e. The third kappa shape index (κ3) is 3.52. The topological polar surface area (TPSA) is 113 Å². The van der Waals surface area contributed by atoms with Crippen molar-refractivity contribution in [2.45, 2.75) is 33.9 Å². The highest BCUT2D eigenvalue weighted by molar-refractivity contribution is 5.98. The van der Waals surface area contributed by atoms with Gasteiger partial charge in [0.1, 0.15) is 11.6 Å². The Morgan fingerprint density at radius 2 is 2.15 bits per heavy atom. The standard InChI is InChI=1S/C19H21N5O3/c1-4-24-12(3)22-16-7-13(5-6-17(16)24)19(27)23-21-9-15-14(10-25)8-20-11(2)18(15)26/h5-9,25-26H,4,10H2,1-3H3,(H,23,27). The van der Waals surface area contributed by atoms with Crippen LogP contribution in [-0.2, 0) is 13.2 Å². The van der Waals surface area contributed by atoms with E-state index in [2.05, 4.69) is 25.1 Å². The number of hydrogen-bond acceptors (Lipinski definition) is 6. The number of carbonyl (C=O) groups is 1. The van der Waals surface area contributed by atoms with Gasteiger partial charge in [0.25, 0.3) is 5.91 Å². The van der Waals surface area contributed by atoms with Crippen molar-refractivity contribution in [2.24, 2.45) is 5.10 Å². The van der Waals surface area contributed by atoms with E-state index in [9.17, 15) is 15.0 Å². The molecule has 0 saturated carbocycles. The molecule has 3 N–H and O–H groups in total. The van der Waals surface area contributed by atoms with Gasteiger partial charge in [0.15, 0.2) is 0 Å². The van der Waals surface area contributed by atoms with Crippen molar-refractivity contribution >= 4 is 23.2 Å². The van der Waals surface area contributed by atoms with Gasteiger partial charge < -0.3 is 14.8 Å². The highest BCUT2D eigenvalue weighted by Crippen LogP contribution is 2.22. The predicted molar refractivity (Wildman–Crippen MR) is 102 cm³/mol. The van der Waals surface area contributed by atoms with Crippen LogP contribution in [0.1, 0.15) is 39.9 Å². The first-order valence-electron chi connectivity index (χ1n) is 8.54. The zero-order chi connectivity index (χ0) is 19.6. The molecule has 0 atom stereocenters. The molecule has 0 unspecified atom stereocenters. The average Bonchev–Trinajstić information content (AvgIpc) is 2.99. The number of aromatic nitrogens is 3. The second kappa shape index (κ2) is 7.55. The molecule has 0 fully saturated rings. The van der Waals surface area contributed by atoms with Gasteiger partial charge in [-0.05, 0) is 39.0 Å². The minimum atomic E-state index is -0.396. The van der Waals surface area contributed by atoms with Gasteiger partial charge in [0.05, 0.1) is 29.5 Å². The van der Waals surface area contributed by atoms with Crippen LogP contribution in [0, 0.1) is 13.8 Å². The van der Waals surface area contributed by atoms with Crippen molar-refractivity contribution in [1.29, 1.82) is 0 Å². The Bertz CT molecular complexity index is 1040. The minimum Gasteiger partial charge on any atom is -0.505 e. The van der Waals surface area contributed by atoms with E-state index >= 15 is 0 Å². The van der Waals surface area contributed by atoms with E-state index in [1.807, 2.05) is 19.9 Å². The number of aromatic hydroxyl groups is 1. The van der Waals surface area contributed by atoms with E-state index in [1.165, 1.54) is 12.4 Å². The highest BCUT2D eigenvalue weighted by atomic mass is 16.3. The molecule has 0 bridgehead atoms. The zero-order valence-electron chi connectivity index (χ0n) is 15.4. The Morgan fingerprint density at radius 1 is 1.37 bits per heavy atom. The van der Waals surface area contributed by atoms with Gasteiger partial charge >= 0.3 is 0 Å². The molecule has 0 aliphatic carbocycles. The number of nitrogens with one attached hydrogen (secondary N) is 1. The van der Waals surface area contributed by atoms with Crippen LogP contribution >= 0.6 is 0 Å². The largest absolute Gasteiger partial charge is 0.505 e. The average molecular weight is 367 g/mol. The number of nitrogens with zero attached hydrogens (tertiary/aromatic N) is 4. The number of benzene rings is 1. The van der Waals surface area contributed by atoms with Gasteiger partial charge in [-0.25, -0.2) is 10.4 Å². The molecule has 8 nitrogen and oxygen atoms in total. The fourth-order valence-electron chi connectivity index (χ4n) is 2.93. The first-order valence-corrected chi connectivity index (χ1v) is 8.54.